The van der Waals surface area contributed by atoms with E-state index in [1.165, 1.54) is 23.5 Å². The molecule has 0 aliphatic heterocycles. The van der Waals surface area contributed by atoms with Crippen LogP contribution in [0.3, 0.4) is 0 Å². The third-order valence-electron chi connectivity index (χ3n) is 4.80. The van der Waals surface area contributed by atoms with Crippen molar-refractivity contribution in [2.75, 3.05) is 11.9 Å². The van der Waals surface area contributed by atoms with Crippen molar-refractivity contribution in [1.82, 2.24) is 15.6 Å². The Morgan fingerprint density at radius 3 is 2.50 bits per heavy atom. The monoisotopic (exact) mass is 428 g/mol. The van der Waals surface area contributed by atoms with Crippen molar-refractivity contribution in [3.05, 3.63) is 47.2 Å². The largest absolute Gasteiger partial charge is 0.354 e. The number of carbonyl (C=O) groups excluding carboxylic acids is 3. The van der Waals surface area contributed by atoms with Crippen LogP contribution in [0, 0.1) is 23.6 Å². The average Bonchev–Trinajstić information content (AvgIpc) is 3.39. The quantitative estimate of drug-likeness (QED) is 0.534. The number of halogens is 1. The highest BCUT2D eigenvalue weighted by Gasteiger charge is 2.48. The van der Waals surface area contributed by atoms with Gasteiger partial charge in [-0.3, -0.25) is 14.4 Å². The summed E-state index contributed by atoms with van der Waals surface area (Å²) in [5, 5.41) is 10.4. The molecule has 0 spiro atoms. The summed E-state index contributed by atoms with van der Waals surface area (Å²) in [6.45, 7) is 0.0883. The van der Waals surface area contributed by atoms with Gasteiger partial charge in [0.1, 0.15) is 11.2 Å². The number of thiazole rings is 1. The lowest BCUT2D eigenvalue weighted by Crippen LogP contribution is -2.40. The molecule has 2 aromatic rings. The van der Waals surface area contributed by atoms with E-state index in [2.05, 4.69) is 26.9 Å². The molecule has 3 amide bonds. The number of anilines is 1. The molecular weight excluding hydrogens is 407 g/mol. The number of aromatic nitrogens is 1. The lowest BCUT2D eigenvalue weighted by molar-refractivity contribution is -0.126. The fraction of sp³-hybridized carbons (Fsp3) is 0.333. The van der Waals surface area contributed by atoms with Crippen LogP contribution in [0.15, 0.2) is 35.8 Å². The van der Waals surface area contributed by atoms with Crippen molar-refractivity contribution >= 4 is 34.2 Å². The molecule has 0 bridgehead atoms. The van der Waals surface area contributed by atoms with Crippen LogP contribution in [0.1, 0.15) is 37.3 Å². The summed E-state index contributed by atoms with van der Waals surface area (Å²) in [4.78, 5) is 40.5. The van der Waals surface area contributed by atoms with Gasteiger partial charge in [0.25, 0.3) is 0 Å². The number of nitrogens with one attached hydrogen (secondary N) is 3. The molecule has 0 radical (unpaired) electrons. The maximum Gasteiger partial charge on any atom is 0.238 e. The van der Waals surface area contributed by atoms with E-state index in [4.69, 9.17) is 6.42 Å². The fourth-order valence-electron chi connectivity index (χ4n) is 2.80. The van der Waals surface area contributed by atoms with E-state index < -0.39 is 17.3 Å². The maximum atomic E-state index is 13.3. The topological polar surface area (TPSA) is 100 Å². The molecular formula is C21H21FN4O3S. The number of carbonyl (C=O) groups is 3. The number of hydrogen-bond donors (Lipinski definition) is 3. The second-order valence-electron chi connectivity index (χ2n) is 6.99. The molecule has 30 heavy (non-hydrogen) atoms. The average molecular weight is 428 g/mol. The van der Waals surface area contributed by atoms with E-state index in [0.29, 0.717) is 23.5 Å². The molecule has 0 saturated heterocycles. The summed E-state index contributed by atoms with van der Waals surface area (Å²) in [6, 6.07) is 5.09. The molecule has 9 heteroatoms. The third kappa shape index (κ3) is 5.64. The van der Waals surface area contributed by atoms with Gasteiger partial charge in [0.2, 0.25) is 17.7 Å². The smallest absolute Gasteiger partial charge is 0.238 e. The number of nitrogens with zero attached hydrogens (tertiary/aromatic N) is 1. The van der Waals surface area contributed by atoms with Crippen molar-refractivity contribution in [3.8, 4) is 12.3 Å². The maximum absolute atomic E-state index is 13.3. The lowest BCUT2D eigenvalue weighted by atomic mass is 10.0. The van der Waals surface area contributed by atoms with E-state index in [0.717, 1.165) is 0 Å². The van der Waals surface area contributed by atoms with Crippen LogP contribution in [-0.2, 0) is 14.4 Å². The van der Waals surface area contributed by atoms with Crippen LogP contribution in [-0.4, -0.2) is 29.3 Å². The van der Waals surface area contributed by atoms with Gasteiger partial charge in [0.15, 0.2) is 5.13 Å². The molecule has 3 rings (SSSR count). The number of terminal acetylenes is 1. The molecule has 1 saturated carbocycles. The molecule has 1 heterocycles. The number of rotatable bonds is 9. The summed E-state index contributed by atoms with van der Waals surface area (Å²) in [6.07, 6.45) is 8.26. The predicted octanol–water partition coefficient (Wildman–Crippen LogP) is 2.39. The highest BCUT2D eigenvalue weighted by molar-refractivity contribution is 7.13. The summed E-state index contributed by atoms with van der Waals surface area (Å²) in [7, 11) is 0. The second kappa shape index (κ2) is 9.50. The van der Waals surface area contributed by atoms with Crippen LogP contribution < -0.4 is 16.0 Å². The molecule has 1 aromatic carbocycles. The van der Waals surface area contributed by atoms with Crippen LogP contribution in [0.2, 0.25) is 0 Å². The Kier molecular flexibility index (Phi) is 6.79. The zero-order valence-corrected chi connectivity index (χ0v) is 16.9. The van der Waals surface area contributed by atoms with Gasteiger partial charge in [-0.05, 0) is 30.5 Å². The van der Waals surface area contributed by atoms with Gasteiger partial charge in [0.05, 0.1) is 6.04 Å². The Hall–Kier alpha value is -3.25. The van der Waals surface area contributed by atoms with Gasteiger partial charge in [0, 0.05) is 31.0 Å². The summed E-state index contributed by atoms with van der Waals surface area (Å²) in [5.41, 5.74) is -0.157. The lowest BCUT2D eigenvalue weighted by Gasteiger charge is -2.21. The minimum atomic E-state index is -0.795. The van der Waals surface area contributed by atoms with Crippen molar-refractivity contribution < 1.29 is 18.8 Å². The highest BCUT2D eigenvalue weighted by atomic mass is 32.1. The summed E-state index contributed by atoms with van der Waals surface area (Å²) >= 11 is 1.29. The van der Waals surface area contributed by atoms with Crippen molar-refractivity contribution in [1.29, 1.82) is 0 Å². The first-order valence-electron chi connectivity index (χ1n) is 9.42. The van der Waals surface area contributed by atoms with Crippen LogP contribution in [0.4, 0.5) is 9.52 Å². The van der Waals surface area contributed by atoms with E-state index in [1.807, 2.05) is 0 Å². The Balaban J connectivity index is 1.54. The van der Waals surface area contributed by atoms with Crippen LogP contribution >= 0.6 is 11.3 Å². The van der Waals surface area contributed by atoms with E-state index in [9.17, 15) is 18.8 Å². The third-order valence-corrected chi connectivity index (χ3v) is 5.49. The van der Waals surface area contributed by atoms with Crippen molar-refractivity contribution in [3.63, 3.8) is 0 Å². The van der Waals surface area contributed by atoms with Gasteiger partial charge >= 0.3 is 0 Å². The Labute approximate surface area is 177 Å². The highest BCUT2D eigenvalue weighted by Crippen LogP contribution is 2.45. The molecule has 1 aliphatic carbocycles. The zero-order chi connectivity index (χ0) is 21.6. The van der Waals surface area contributed by atoms with Crippen LogP contribution in [0.25, 0.3) is 0 Å². The SMILES string of the molecule is C#CC1(C(=O)NC(CNC(=O)CCC(=O)Nc2nccs2)c2ccc(F)cc2)CC1. The molecule has 156 valence electrons. The summed E-state index contributed by atoms with van der Waals surface area (Å²) < 4.78 is 13.3. The Morgan fingerprint density at radius 2 is 1.90 bits per heavy atom. The predicted molar refractivity (Wildman–Crippen MR) is 111 cm³/mol. The Morgan fingerprint density at radius 1 is 1.20 bits per heavy atom. The first-order chi connectivity index (χ1) is 14.4. The van der Waals surface area contributed by atoms with Crippen molar-refractivity contribution in [2.24, 2.45) is 5.41 Å². The van der Waals surface area contributed by atoms with Gasteiger partial charge in [-0.25, -0.2) is 9.37 Å². The van der Waals surface area contributed by atoms with Gasteiger partial charge in [-0.1, -0.05) is 18.1 Å². The molecule has 1 fully saturated rings. The molecule has 7 nitrogen and oxygen atoms in total. The minimum absolute atomic E-state index is 0.000802. The number of amides is 3. The fourth-order valence-corrected chi connectivity index (χ4v) is 3.35. The normalized spacial score (nSPS) is 14.8. The van der Waals surface area contributed by atoms with Crippen LogP contribution in [0.5, 0.6) is 0 Å². The molecule has 1 aromatic heterocycles. The summed E-state index contributed by atoms with van der Waals surface area (Å²) in [5.74, 6) is 1.19. The van der Waals surface area contributed by atoms with Gasteiger partial charge < -0.3 is 16.0 Å². The molecule has 3 N–H and O–H groups in total. The Bertz CT molecular complexity index is 950. The first kappa shape index (κ1) is 21.5. The molecule has 1 unspecified atom stereocenters. The van der Waals surface area contributed by atoms with E-state index in [1.54, 1.807) is 23.7 Å². The van der Waals surface area contributed by atoms with Gasteiger partial charge in [-0.15, -0.1) is 17.8 Å². The number of hydrogen-bond acceptors (Lipinski definition) is 5. The van der Waals surface area contributed by atoms with Crippen molar-refractivity contribution in [2.45, 2.75) is 31.7 Å². The zero-order valence-electron chi connectivity index (χ0n) is 16.1. The van der Waals surface area contributed by atoms with E-state index in [-0.39, 0.29) is 37.1 Å². The molecule has 1 aliphatic rings. The number of benzene rings is 1. The molecule has 1 atom stereocenters. The van der Waals surface area contributed by atoms with Gasteiger partial charge in [-0.2, -0.15) is 0 Å². The first-order valence-corrected chi connectivity index (χ1v) is 10.3. The standard InChI is InChI=1S/C21H21FN4O3S/c1-2-21(9-10-21)19(29)25-16(14-3-5-15(22)6-4-14)13-24-17(27)7-8-18(28)26-20-23-11-12-30-20/h1,3-6,11-12,16H,7-10,13H2,(H,24,27)(H,25,29)(H,23,26,28). The second-order valence-corrected chi connectivity index (χ2v) is 7.89. The minimum Gasteiger partial charge on any atom is -0.354 e. The van der Waals surface area contributed by atoms with E-state index >= 15 is 0 Å².